The van der Waals surface area contributed by atoms with Crippen LogP contribution in [0.4, 0.5) is 0 Å². The van der Waals surface area contributed by atoms with Gasteiger partial charge in [0.1, 0.15) is 54.9 Å². The third-order valence-corrected chi connectivity index (χ3v) is 10.9. The Bertz CT molecular complexity index is 1330. The molecule has 2 fully saturated rings. The lowest BCUT2D eigenvalue weighted by atomic mass is 9.98. The van der Waals surface area contributed by atoms with Gasteiger partial charge in [-0.2, -0.15) is 0 Å². The molecule has 2 aliphatic rings. The van der Waals surface area contributed by atoms with Crippen LogP contribution >= 0.6 is 0 Å². The van der Waals surface area contributed by atoms with Crippen LogP contribution < -0.4 is 0 Å². The van der Waals surface area contributed by atoms with Crippen LogP contribution in [-0.2, 0) is 33.2 Å². The van der Waals surface area contributed by atoms with Gasteiger partial charge in [0.15, 0.2) is 12.6 Å². The molecule has 0 amide bonds. The molecule has 0 saturated carbocycles. The molecule has 14 heteroatoms. The van der Waals surface area contributed by atoms with Crippen LogP contribution in [0.25, 0.3) is 0 Å². The minimum absolute atomic E-state index is 0.0301. The summed E-state index contributed by atoms with van der Waals surface area (Å²) in [6, 6.07) is 0. The van der Waals surface area contributed by atoms with E-state index in [4.69, 9.17) is 28.4 Å². The van der Waals surface area contributed by atoms with Crippen molar-refractivity contribution in [3.05, 3.63) is 72.9 Å². The highest BCUT2D eigenvalue weighted by atomic mass is 16.7. The Balaban J connectivity index is 1.82. The lowest BCUT2D eigenvalue weighted by Gasteiger charge is -2.42. The van der Waals surface area contributed by atoms with E-state index in [1.165, 1.54) is 12.8 Å². The lowest BCUT2D eigenvalue weighted by molar-refractivity contribution is -0.332. The van der Waals surface area contributed by atoms with Gasteiger partial charge in [0.05, 0.1) is 26.4 Å². The van der Waals surface area contributed by atoms with Gasteiger partial charge in [0.2, 0.25) is 0 Å². The summed E-state index contributed by atoms with van der Waals surface area (Å²) in [6.07, 6.45) is 28.2. The molecule has 2 rings (SSSR count). The first-order valence-electron chi connectivity index (χ1n) is 24.0. The second kappa shape index (κ2) is 37.5. The second-order valence-electron chi connectivity index (χ2n) is 16.5. The van der Waals surface area contributed by atoms with E-state index >= 15 is 0 Å². The Hall–Kier alpha value is -2.57. The Morgan fingerprint density at radius 2 is 1.02 bits per heavy atom. The van der Waals surface area contributed by atoms with Crippen molar-refractivity contribution >= 4 is 5.97 Å². The Labute approximate surface area is 383 Å². The monoisotopic (exact) mass is 909 g/mol. The topological polar surface area (TPSA) is 214 Å². The molecule has 368 valence electrons. The van der Waals surface area contributed by atoms with Crippen molar-refractivity contribution in [1.29, 1.82) is 0 Å². The largest absolute Gasteiger partial charge is 0.457 e. The summed E-state index contributed by atoms with van der Waals surface area (Å²) in [7, 11) is 0. The van der Waals surface area contributed by atoms with Gasteiger partial charge in [-0.25, -0.2) is 0 Å². The van der Waals surface area contributed by atoms with Crippen molar-refractivity contribution < 1.29 is 69.0 Å². The Kier molecular flexibility index (Phi) is 33.7. The van der Waals surface area contributed by atoms with Crippen molar-refractivity contribution in [2.45, 2.75) is 203 Å². The summed E-state index contributed by atoms with van der Waals surface area (Å²) in [4.78, 5) is 13.0. The van der Waals surface area contributed by atoms with Crippen LogP contribution in [0.3, 0.4) is 0 Å². The first-order chi connectivity index (χ1) is 31.1. The van der Waals surface area contributed by atoms with E-state index in [1.807, 2.05) is 0 Å². The average molecular weight is 909 g/mol. The fraction of sp³-hybridized carbons (Fsp3) is 0.740. The highest BCUT2D eigenvalue weighted by Gasteiger charge is 2.47. The summed E-state index contributed by atoms with van der Waals surface area (Å²) < 4.78 is 34.1. The van der Waals surface area contributed by atoms with Crippen LogP contribution in [0.2, 0.25) is 0 Å². The zero-order valence-corrected chi connectivity index (χ0v) is 38.7. The zero-order chi connectivity index (χ0) is 46.6. The molecule has 11 atom stereocenters. The maximum absolute atomic E-state index is 13.0. The number of esters is 1. The maximum atomic E-state index is 13.0. The predicted molar refractivity (Wildman–Crippen MR) is 247 cm³/mol. The Morgan fingerprint density at radius 1 is 0.531 bits per heavy atom. The first-order valence-corrected chi connectivity index (χ1v) is 24.0. The van der Waals surface area contributed by atoms with Crippen LogP contribution in [0.5, 0.6) is 0 Å². The van der Waals surface area contributed by atoms with Crippen molar-refractivity contribution in [1.82, 2.24) is 0 Å². The summed E-state index contributed by atoms with van der Waals surface area (Å²) in [5.41, 5.74) is 0. The molecule has 0 aromatic rings. The third-order valence-electron chi connectivity index (χ3n) is 10.9. The quantitative estimate of drug-likeness (QED) is 0.0208. The number of carbonyl (C=O) groups is 1. The number of allylic oxidation sites excluding steroid dienone is 12. The molecule has 64 heavy (non-hydrogen) atoms. The fourth-order valence-corrected chi connectivity index (χ4v) is 7.00. The summed E-state index contributed by atoms with van der Waals surface area (Å²) in [5, 5.41) is 72.0. The summed E-state index contributed by atoms with van der Waals surface area (Å²) >= 11 is 0. The second-order valence-corrected chi connectivity index (χ2v) is 16.5. The molecule has 11 unspecified atom stereocenters. The van der Waals surface area contributed by atoms with Gasteiger partial charge in [-0.15, -0.1) is 0 Å². The maximum Gasteiger partial charge on any atom is 0.306 e. The van der Waals surface area contributed by atoms with E-state index in [1.54, 1.807) is 0 Å². The van der Waals surface area contributed by atoms with E-state index < -0.39 is 86.7 Å². The Morgan fingerprint density at radius 3 is 1.59 bits per heavy atom. The van der Waals surface area contributed by atoms with Gasteiger partial charge < -0.3 is 64.2 Å². The molecule has 14 nitrogen and oxygen atoms in total. The van der Waals surface area contributed by atoms with E-state index in [0.717, 1.165) is 96.3 Å². The minimum atomic E-state index is -1.72. The van der Waals surface area contributed by atoms with E-state index in [0.29, 0.717) is 13.0 Å². The molecular formula is C50H84O14. The molecule has 0 aromatic carbocycles. The molecule has 0 aromatic heterocycles. The highest BCUT2D eigenvalue weighted by molar-refractivity contribution is 5.69. The number of aliphatic hydroxyl groups is 7. The minimum Gasteiger partial charge on any atom is -0.457 e. The number of rotatable bonds is 36. The zero-order valence-electron chi connectivity index (χ0n) is 38.7. The summed E-state index contributed by atoms with van der Waals surface area (Å²) in [5.74, 6) is -0.406. The molecule has 7 N–H and O–H groups in total. The number of carbonyl (C=O) groups excluding carboxylic acids is 1. The predicted octanol–water partition coefficient (Wildman–Crippen LogP) is 6.34. The van der Waals surface area contributed by atoms with Crippen LogP contribution in [0.1, 0.15) is 136 Å². The van der Waals surface area contributed by atoms with Gasteiger partial charge in [0, 0.05) is 13.0 Å². The van der Waals surface area contributed by atoms with Crippen molar-refractivity contribution in [2.75, 3.05) is 33.0 Å². The fourth-order valence-electron chi connectivity index (χ4n) is 7.00. The number of ether oxygens (including phenoxy) is 6. The van der Waals surface area contributed by atoms with E-state index in [9.17, 15) is 40.5 Å². The van der Waals surface area contributed by atoms with Crippen molar-refractivity contribution in [3.63, 3.8) is 0 Å². The van der Waals surface area contributed by atoms with E-state index in [2.05, 4.69) is 86.8 Å². The van der Waals surface area contributed by atoms with Gasteiger partial charge in [-0.05, 0) is 77.0 Å². The van der Waals surface area contributed by atoms with Crippen molar-refractivity contribution in [2.24, 2.45) is 0 Å². The van der Waals surface area contributed by atoms with Gasteiger partial charge >= 0.3 is 5.97 Å². The number of hydrogen-bond donors (Lipinski definition) is 7. The molecule has 0 spiro atoms. The van der Waals surface area contributed by atoms with Gasteiger partial charge in [0.25, 0.3) is 0 Å². The molecule has 2 aliphatic heterocycles. The standard InChI is InChI=1S/C50H84O14/c1-3-5-7-9-11-13-15-17-19-20-22-24-26-28-30-32-34-59-36-39(62-42(52)33-31-29-27-25-23-21-18-16-14-12-10-8-6-4-2)37-60-49-48(58)46(56)44(54)41(64-49)38-61-50-47(57)45(55)43(53)40(35-51)63-50/h5,7,10-13,16-19,22,24,39-41,43-51,53-58H,3-4,6,8-9,14-15,20-21,23,25-38H2,1-2H3/b7-5-,12-10-,13-11-,18-16-,19-17-,24-22-. The van der Waals surface area contributed by atoms with Crippen molar-refractivity contribution in [3.8, 4) is 0 Å². The number of hydrogen-bond acceptors (Lipinski definition) is 14. The van der Waals surface area contributed by atoms with Gasteiger partial charge in [-0.3, -0.25) is 4.79 Å². The smallest absolute Gasteiger partial charge is 0.306 e. The molecule has 2 saturated heterocycles. The summed E-state index contributed by atoms with van der Waals surface area (Å²) in [6.45, 7) is 3.40. The highest BCUT2D eigenvalue weighted by Crippen LogP contribution is 2.26. The van der Waals surface area contributed by atoms with E-state index in [-0.39, 0.29) is 19.6 Å². The van der Waals surface area contributed by atoms with Crippen LogP contribution in [-0.4, -0.2) is 142 Å². The molecule has 2 heterocycles. The number of aliphatic hydroxyl groups excluding tert-OH is 7. The third kappa shape index (κ3) is 25.4. The first kappa shape index (κ1) is 57.6. The van der Waals surface area contributed by atoms with Crippen LogP contribution in [0.15, 0.2) is 72.9 Å². The number of unbranched alkanes of at least 4 members (excludes halogenated alkanes) is 10. The molecular weight excluding hydrogens is 825 g/mol. The van der Waals surface area contributed by atoms with Crippen LogP contribution in [0, 0.1) is 0 Å². The normalized spacial score (nSPS) is 27.4. The van der Waals surface area contributed by atoms with Gasteiger partial charge in [-0.1, -0.05) is 125 Å². The molecule has 0 bridgehead atoms. The lowest BCUT2D eigenvalue weighted by Crippen LogP contribution is -2.61. The molecule has 0 aliphatic carbocycles. The SMILES string of the molecule is CC/C=C\C/C=C\C/C=C\C/C=C\CCCCCOCC(COC1OC(COC2OC(CO)C(O)C(O)C2O)C(O)C(O)C1O)OC(=O)CCCCCCC/C=C\C/C=C\CCCC. The molecule has 0 radical (unpaired) electrons. The average Bonchev–Trinajstić information content (AvgIpc) is 3.29.